The van der Waals surface area contributed by atoms with Gasteiger partial charge in [0.05, 0.1) is 24.1 Å². The zero-order chi connectivity index (χ0) is 27.9. The summed E-state index contributed by atoms with van der Waals surface area (Å²) in [6, 6.07) is 8.33. The highest BCUT2D eigenvalue weighted by molar-refractivity contribution is 5.98. The zero-order valence-corrected chi connectivity index (χ0v) is 24.0. The number of aromatic nitrogens is 2. The Morgan fingerprint density at radius 1 is 1.15 bits per heavy atom. The van der Waals surface area contributed by atoms with Gasteiger partial charge >= 0.3 is 12.1 Å². The first-order chi connectivity index (χ1) is 18.4. The minimum Gasteiger partial charge on any atom is -0.469 e. The van der Waals surface area contributed by atoms with Gasteiger partial charge in [-0.25, -0.2) is 9.78 Å². The van der Waals surface area contributed by atoms with Crippen molar-refractivity contribution in [1.82, 2.24) is 14.5 Å². The maximum Gasteiger partial charge on any atom is 0.410 e. The van der Waals surface area contributed by atoms with Crippen LogP contribution in [0.1, 0.15) is 83.4 Å². The van der Waals surface area contributed by atoms with Crippen molar-refractivity contribution in [2.75, 3.05) is 20.2 Å². The van der Waals surface area contributed by atoms with Crippen LogP contribution in [0.3, 0.4) is 0 Å². The van der Waals surface area contributed by atoms with E-state index in [-0.39, 0.29) is 29.1 Å². The second-order valence-electron chi connectivity index (χ2n) is 13.8. The molecule has 5 atom stereocenters. The summed E-state index contributed by atoms with van der Waals surface area (Å²) in [6.45, 7) is 10.8. The van der Waals surface area contributed by atoms with E-state index >= 15 is 0 Å². The first-order valence-corrected chi connectivity index (χ1v) is 14.5. The highest BCUT2D eigenvalue weighted by Crippen LogP contribution is 2.95. The molecule has 39 heavy (non-hydrogen) atoms. The standard InChI is InChI=1S/C31H41N3O5/c1-18(2)13-21-25-30(14-19(27(36)38-6)16-33(17-30)28(37)39-29(3,4)5)31(21,25)15-24(35)26-32-22-9-7-8-10-23(22)34(26)20-11-12-20/h7-10,18-21,25H,11-17H2,1-6H3/t19-,21+,25?,30?,31?/m1/s1. The van der Waals surface area contributed by atoms with Crippen LogP contribution in [0.4, 0.5) is 4.79 Å². The Kier molecular flexibility index (Phi) is 5.94. The molecule has 210 valence electrons. The van der Waals surface area contributed by atoms with E-state index in [0.29, 0.717) is 49.0 Å². The average Bonchev–Trinajstić information content (AvgIpc) is 3.83. The number of ketones is 1. The summed E-state index contributed by atoms with van der Waals surface area (Å²) >= 11 is 0. The SMILES string of the molecule is COC(=O)[C@H]1CN(C(=O)OC(C)(C)C)CC2(C1)C1[C@H](CC(C)C)C12CC(=O)c1nc2ccccc2n1C1CC1. The number of para-hydroxylation sites is 2. The van der Waals surface area contributed by atoms with Crippen molar-refractivity contribution in [2.24, 2.45) is 34.5 Å². The topological polar surface area (TPSA) is 90.7 Å². The van der Waals surface area contributed by atoms with Crippen molar-refractivity contribution in [2.45, 2.75) is 78.4 Å². The fourth-order valence-electron chi connectivity index (χ4n) is 8.06. The summed E-state index contributed by atoms with van der Waals surface area (Å²) in [4.78, 5) is 46.6. The van der Waals surface area contributed by atoms with E-state index in [9.17, 15) is 14.4 Å². The van der Waals surface area contributed by atoms with Gasteiger partial charge in [0.1, 0.15) is 5.60 Å². The lowest BCUT2D eigenvalue weighted by atomic mass is 9.69. The smallest absolute Gasteiger partial charge is 0.410 e. The van der Waals surface area contributed by atoms with Crippen LogP contribution in [0.25, 0.3) is 11.0 Å². The van der Waals surface area contributed by atoms with E-state index < -0.39 is 17.6 Å². The molecule has 1 aromatic carbocycles. The lowest BCUT2D eigenvalue weighted by Gasteiger charge is -2.44. The number of likely N-dealkylation sites (tertiary alicyclic amines) is 1. The van der Waals surface area contributed by atoms with Crippen molar-refractivity contribution < 1.29 is 23.9 Å². The van der Waals surface area contributed by atoms with Gasteiger partial charge in [0, 0.05) is 25.6 Å². The molecule has 0 radical (unpaired) electrons. The van der Waals surface area contributed by atoms with E-state index in [1.165, 1.54) is 7.11 Å². The molecule has 1 aromatic heterocycles. The number of esters is 1. The number of imidazole rings is 1. The molecule has 4 fully saturated rings. The molecule has 4 aliphatic rings. The van der Waals surface area contributed by atoms with Gasteiger partial charge in [-0.3, -0.25) is 9.59 Å². The molecule has 1 saturated heterocycles. The first kappa shape index (κ1) is 26.3. The lowest BCUT2D eigenvalue weighted by Crippen LogP contribution is -2.52. The normalized spacial score (nSPS) is 31.4. The summed E-state index contributed by atoms with van der Waals surface area (Å²) < 4.78 is 13.0. The Bertz CT molecular complexity index is 1340. The number of Topliss-reactive ketones (excluding diaryl/α,β-unsaturated/α-hetero) is 1. The van der Waals surface area contributed by atoms with Crippen LogP contribution in [0.2, 0.25) is 0 Å². The molecule has 0 N–H and O–H groups in total. The largest absolute Gasteiger partial charge is 0.469 e. The quantitative estimate of drug-likeness (QED) is 0.336. The van der Waals surface area contributed by atoms with E-state index in [1.54, 1.807) is 4.90 Å². The molecule has 3 saturated carbocycles. The van der Waals surface area contributed by atoms with E-state index in [2.05, 4.69) is 24.5 Å². The number of methoxy groups -OCH3 is 1. The van der Waals surface area contributed by atoms with E-state index in [1.807, 2.05) is 39.0 Å². The molecule has 1 amide bonds. The Morgan fingerprint density at radius 2 is 1.87 bits per heavy atom. The van der Waals surface area contributed by atoms with Gasteiger partial charge in [-0.1, -0.05) is 26.0 Å². The summed E-state index contributed by atoms with van der Waals surface area (Å²) in [5.41, 5.74) is 0.767. The highest BCUT2D eigenvalue weighted by Gasteiger charge is 2.94. The molecule has 6 rings (SSSR count). The Morgan fingerprint density at radius 3 is 2.51 bits per heavy atom. The molecule has 8 heteroatoms. The van der Waals surface area contributed by atoms with Gasteiger partial charge in [0.2, 0.25) is 0 Å². The van der Waals surface area contributed by atoms with Crippen molar-refractivity contribution >= 4 is 28.9 Å². The van der Waals surface area contributed by atoms with Crippen LogP contribution in [-0.2, 0) is 14.3 Å². The number of carbonyl (C=O) groups is 3. The number of fused-ring (bicyclic) bond motifs is 4. The second-order valence-corrected chi connectivity index (χ2v) is 13.8. The molecule has 2 aromatic rings. The number of benzene rings is 1. The molecule has 3 unspecified atom stereocenters. The number of hydrogen-bond acceptors (Lipinski definition) is 6. The van der Waals surface area contributed by atoms with Gasteiger partial charge in [-0.2, -0.15) is 0 Å². The van der Waals surface area contributed by atoms with Gasteiger partial charge in [0.15, 0.2) is 11.6 Å². The van der Waals surface area contributed by atoms with Crippen molar-refractivity contribution in [3.63, 3.8) is 0 Å². The Hall–Kier alpha value is -2.90. The minimum absolute atomic E-state index is 0.0789. The highest BCUT2D eigenvalue weighted by atomic mass is 16.6. The summed E-state index contributed by atoms with van der Waals surface area (Å²) in [7, 11) is 1.40. The predicted octanol–water partition coefficient (Wildman–Crippen LogP) is 5.65. The maximum absolute atomic E-state index is 14.1. The van der Waals surface area contributed by atoms with Crippen LogP contribution >= 0.6 is 0 Å². The van der Waals surface area contributed by atoms with Crippen LogP contribution < -0.4 is 0 Å². The first-order valence-electron chi connectivity index (χ1n) is 14.5. The second kappa shape index (κ2) is 8.80. The average molecular weight is 536 g/mol. The number of nitrogens with zero attached hydrogens (tertiary/aromatic N) is 3. The van der Waals surface area contributed by atoms with Gasteiger partial charge in [-0.05, 0) is 87.2 Å². The zero-order valence-electron chi connectivity index (χ0n) is 24.0. The third-order valence-electron chi connectivity index (χ3n) is 9.60. The van der Waals surface area contributed by atoms with Crippen LogP contribution in [0.15, 0.2) is 24.3 Å². The third kappa shape index (κ3) is 4.16. The minimum atomic E-state index is -0.634. The van der Waals surface area contributed by atoms with Crippen LogP contribution in [0, 0.1) is 34.5 Å². The van der Waals surface area contributed by atoms with E-state index in [0.717, 1.165) is 30.3 Å². The molecule has 2 heterocycles. The van der Waals surface area contributed by atoms with Crippen LogP contribution in [-0.4, -0.2) is 58.1 Å². The number of rotatable bonds is 7. The lowest BCUT2D eigenvalue weighted by molar-refractivity contribution is -0.149. The van der Waals surface area contributed by atoms with Crippen molar-refractivity contribution in [1.29, 1.82) is 0 Å². The van der Waals surface area contributed by atoms with Gasteiger partial charge in [0.25, 0.3) is 0 Å². The van der Waals surface area contributed by atoms with E-state index in [4.69, 9.17) is 14.5 Å². The summed E-state index contributed by atoms with van der Waals surface area (Å²) in [5.74, 6) is 1.15. The number of carbonyl (C=O) groups excluding carboxylic acids is 3. The molecule has 0 bridgehead atoms. The molecule has 1 spiro atoms. The molecule has 1 aliphatic heterocycles. The molecule has 3 aliphatic carbocycles. The number of amides is 1. The number of piperidine rings is 1. The monoisotopic (exact) mass is 535 g/mol. The van der Waals surface area contributed by atoms with Crippen molar-refractivity contribution in [3.05, 3.63) is 30.1 Å². The van der Waals surface area contributed by atoms with Crippen LogP contribution in [0.5, 0.6) is 0 Å². The Balaban J connectivity index is 1.32. The number of ether oxygens (including phenoxy) is 2. The number of hydrogen-bond donors (Lipinski definition) is 0. The Labute approximate surface area is 230 Å². The molecular formula is C31H41N3O5. The maximum atomic E-state index is 14.1. The van der Waals surface area contributed by atoms with Crippen molar-refractivity contribution in [3.8, 4) is 0 Å². The summed E-state index contributed by atoms with van der Waals surface area (Å²) in [5, 5.41) is 0. The fraction of sp³-hybridized carbons (Fsp3) is 0.677. The van der Waals surface area contributed by atoms with Gasteiger partial charge < -0.3 is 18.9 Å². The fourth-order valence-corrected chi connectivity index (χ4v) is 8.06. The molecular weight excluding hydrogens is 494 g/mol. The predicted molar refractivity (Wildman–Crippen MR) is 146 cm³/mol. The third-order valence-corrected chi connectivity index (χ3v) is 9.60. The summed E-state index contributed by atoms with van der Waals surface area (Å²) in [6.07, 6.45) is 3.82. The van der Waals surface area contributed by atoms with Gasteiger partial charge in [-0.15, -0.1) is 0 Å². The molecule has 8 nitrogen and oxygen atoms in total.